The number of nitrogens with one attached hydrogen (secondary N) is 1. The van der Waals surface area contributed by atoms with Gasteiger partial charge in [-0.1, -0.05) is 0 Å². The Morgan fingerprint density at radius 2 is 2.07 bits per heavy atom. The van der Waals surface area contributed by atoms with Crippen LogP contribution in [0.2, 0.25) is 0 Å². The van der Waals surface area contributed by atoms with Crippen molar-refractivity contribution in [1.29, 1.82) is 0 Å². The molecule has 15 heavy (non-hydrogen) atoms. The predicted molar refractivity (Wildman–Crippen MR) is 61.9 cm³/mol. The third-order valence-electron chi connectivity index (χ3n) is 2.23. The van der Waals surface area contributed by atoms with Gasteiger partial charge in [-0.25, -0.2) is 0 Å². The zero-order valence-corrected chi connectivity index (χ0v) is 10.4. The quantitative estimate of drug-likeness (QED) is 0.483. The van der Waals surface area contributed by atoms with E-state index in [0.717, 1.165) is 19.5 Å². The van der Waals surface area contributed by atoms with E-state index in [4.69, 9.17) is 0 Å². The van der Waals surface area contributed by atoms with Crippen LogP contribution < -0.4 is 5.32 Å². The molecule has 0 aromatic heterocycles. The van der Waals surface area contributed by atoms with E-state index in [9.17, 15) is 4.79 Å². The largest absolute Gasteiger partial charge is 0.469 e. The Kier molecular flexibility index (Phi) is 8.33. The number of methoxy groups -OCH3 is 1. The van der Waals surface area contributed by atoms with Gasteiger partial charge >= 0.3 is 5.97 Å². The molecule has 0 aromatic carbocycles. The number of nitrogens with zero attached hydrogens (tertiary/aromatic N) is 1. The zero-order valence-electron chi connectivity index (χ0n) is 10.4. The number of unbranched alkanes of at least 4 members (excludes halogenated alkanes) is 1. The average Bonchev–Trinajstić information content (AvgIpc) is 2.16. The third kappa shape index (κ3) is 9.69. The van der Waals surface area contributed by atoms with Gasteiger partial charge in [0.25, 0.3) is 0 Å². The molecule has 4 heteroatoms. The Labute approximate surface area is 93.0 Å². The van der Waals surface area contributed by atoms with Gasteiger partial charge in [-0.05, 0) is 47.0 Å². The maximum atomic E-state index is 10.9. The van der Waals surface area contributed by atoms with E-state index in [1.807, 2.05) is 6.92 Å². The van der Waals surface area contributed by atoms with Crippen LogP contribution in [0.1, 0.15) is 26.2 Å². The molecule has 0 radical (unpaired) electrons. The van der Waals surface area contributed by atoms with Gasteiger partial charge < -0.3 is 15.0 Å². The molecule has 1 N–H and O–H groups in total. The minimum Gasteiger partial charge on any atom is -0.469 e. The second-order valence-corrected chi connectivity index (χ2v) is 4.15. The highest BCUT2D eigenvalue weighted by atomic mass is 16.5. The first kappa shape index (κ1) is 14.4. The molecular weight excluding hydrogens is 192 g/mol. The molecule has 0 amide bonds. The molecule has 4 nitrogen and oxygen atoms in total. The molecule has 0 aromatic rings. The highest BCUT2D eigenvalue weighted by Gasteiger charge is 2.07. The number of rotatable bonds is 8. The van der Waals surface area contributed by atoms with Crippen molar-refractivity contribution in [2.24, 2.45) is 0 Å². The van der Waals surface area contributed by atoms with Gasteiger partial charge in [0, 0.05) is 6.04 Å². The summed E-state index contributed by atoms with van der Waals surface area (Å²) in [4.78, 5) is 13.1. The van der Waals surface area contributed by atoms with E-state index in [2.05, 4.69) is 29.0 Å². The lowest BCUT2D eigenvalue weighted by Gasteiger charge is -2.13. The number of carbonyl (C=O) groups is 1. The van der Waals surface area contributed by atoms with Crippen LogP contribution in [0.3, 0.4) is 0 Å². The lowest BCUT2D eigenvalue weighted by atomic mass is 10.2. The van der Waals surface area contributed by atoms with E-state index < -0.39 is 0 Å². The number of hydrogen-bond donors (Lipinski definition) is 1. The molecule has 0 fully saturated rings. The first-order valence-corrected chi connectivity index (χ1v) is 5.51. The van der Waals surface area contributed by atoms with Gasteiger partial charge in [0.2, 0.25) is 0 Å². The third-order valence-corrected chi connectivity index (χ3v) is 2.23. The molecule has 1 atom stereocenters. The minimum absolute atomic E-state index is 0.150. The highest BCUT2D eigenvalue weighted by Crippen LogP contribution is 1.95. The molecule has 1 unspecified atom stereocenters. The van der Waals surface area contributed by atoms with Crippen molar-refractivity contribution in [3.63, 3.8) is 0 Å². The van der Waals surface area contributed by atoms with Crippen LogP contribution in [0.25, 0.3) is 0 Å². The van der Waals surface area contributed by atoms with Gasteiger partial charge in [0.15, 0.2) is 0 Å². The van der Waals surface area contributed by atoms with E-state index in [0.29, 0.717) is 6.42 Å². The summed E-state index contributed by atoms with van der Waals surface area (Å²) < 4.78 is 4.59. The summed E-state index contributed by atoms with van der Waals surface area (Å²) >= 11 is 0. The lowest BCUT2D eigenvalue weighted by molar-refractivity contribution is -0.141. The lowest BCUT2D eigenvalue weighted by Crippen LogP contribution is -2.30. The number of esters is 1. The van der Waals surface area contributed by atoms with E-state index >= 15 is 0 Å². The van der Waals surface area contributed by atoms with Crippen molar-refractivity contribution >= 4 is 5.97 Å². The molecular formula is C11H24N2O2. The van der Waals surface area contributed by atoms with Crippen molar-refractivity contribution in [3.05, 3.63) is 0 Å². The van der Waals surface area contributed by atoms with Crippen molar-refractivity contribution < 1.29 is 9.53 Å². The summed E-state index contributed by atoms with van der Waals surface area (Å²) in [6.45, 7) is 4.09. The Morgan fingerprint density at radius 3 is 2.60 bits per heavy atom. The monoisotopic (exact) mass is 216 g/mol. The second-order valence-electron chi connectivity index (χ2n) is 4.15. The zero-order chi connectivity index (χ0) is 11.7. The minimum atomic E-state index is -0.150. The molecule has 0 aliphatic rings. The molecule has 0 spiro atoms. The molecule has 0 aliphatic heterocycles. The summed E-state index contributed by atoms with van der Waals surface area (Å²) in [5.41, 5.74) is 0. The summed E-state index contributed by atoms with van der Waals surface area (Å²) in [7, 11) is 5.58. The van der Waals surface area contributed by atoms with Crippen molar-refractivity contribution in [3.8, 4) is 0 Å². The van der Waals surface area contributed by atoms with Gasteiger partial charge in [-0.3, -0.25) is 4.79 Å². The van der Waals surface area contributed by atoms with Crippen LogP contribution in [-0.4, -0.2) is 51.2 Å². The Morgan fingerprint density at radius 1 is 1.40 bits per heavy atom. The fourth-order valence-corrected chi connectivity index (χ4v) is 1.31. The van der Waals surface area contributed by atoms with Crippen molar-refractivity contribution in [2.75, 3.05) is 34.3 Å². The van der Waals surface area contributed by atoms with Crippen molar-refractivity contribution in [1.82, 2.24) is 10.2 Å². The highest BCUT2D eigenvalue weighted by molar-refractivity contribution is 5.69. The first-order valence-electron chi connectivity index (χ1n) is 5.51. The van der Waals surface area contributed by atoms with Crippen LogP contribution in [0, 0.1) is 0 Å². The summed E-state index contributed by atoms with van der Waals surface area (Å²) in [6.07, 6.45) is 2.78. The Balaban J connectivity index is 3.31. The molecule has 0 bridgehead atoms. The van der Waals surface area contributed by atoms with Crippen LogP contribution >= 0.6 is 0 Å². The SMILES string of the molecule is COC(=O)CC(C)NCCCCN(C)C. The van der Waals surface area contributed by atoms with Gasteiger partial charge in [-0.15, -0.1) is 0 Å². The van der Waals surface area contributed by atoms with Crippen molar-refractivity contribution in [2.45, 2.75) is 32.2 Å². The number of ether oxygens (including phenoxy) is 1. The standard InChI is InChI=1S/C11H24N2O2/c1-10(9-11(14)15-4)12-7-5-6-8-13(2)3/h10,12H,5-9H2,1-4H3. The van der Waals surface area contributed by atoms with Gasteiger partial charge in [0.05, 0.1) is 13.5 Å². The molecule has 0 rings (SSSR count). The fourth-order valence-electron chi connectivity index (χ4n) is 1.31. The maximum Gasteiger partial charge on any atom is 0.307 e. The molecule has 0 saturated heterocycles. The second kappa shape index (κ2) is 8.68. The van der Waals surface area contributed by atoms with E-state index in [1.165, 1.54) is 13.5 Å². The Bertz CT molecular complexity index is 172. The van der Waals surface area contributed by atoms with E-state index in [1.54, 1.807) is 0 Å². The fraction of sp³-hybridized carbons (Fsp3) is 0.909. The number of hydrogen-bond acceptors (Lipinski definition) is 4. The normalized spacial score (nSPS) is 12.9. The molecule has 90 valence electrons. The van der Waals surface area contributed by atoms with Crippen LogP contribution in [0.5, 0.6) is 0 Å². The average molecular weight is 216 g/mol. The summed E-state index contributed by atoms with van der Waals surface area (Å²) in [5, 5.41) is 3.30. The summed E-state index contributed by atoms with van der Waals surface area (Å²) in [5.74, 6) is -0.150. The Hall–Kier alpha value is -0.610. The maximum absolute atomic E-state index is 10.9. The molecule has 0 heterocycles. The van der Waals surface area contributed by atoms with Crippen LogP contribution in [-0.2, 0) is 9.53 Å². The molecule has 0 saturated carbocycles. The smallest absolute Gasteiger partial charge is 0.307 e. The summed E-state index contributed by atoms with van der Waals surface area (Å²) in [6, 6.07) is 0.205. The number of carbonyl (C=O) groups excluding carboxylic acids is 1. The van der Waals surface area contributed by atoms with Gasteiger partial charge in [0.1, 0.15) is 0 Å². The van der Waals surface area contributed by atoms with Crippen LogP contribution in [0.15, 0.2) is 0 Å². The topological polar surface area (TPSA) is 41.6 Å². The predicted octanol–water partition coefficient (Wildman–Crippen LogP) is 0.869. The molecule has 0 aliphatic carbocycles. The van der Waals surface area contributed by atoms with Gasteiger partial charge in [-0.2, -0.15) is 0 Å². The first-order chi connectivity index (χ1) is 7.06. The van der Waals surface area contributed by atoms with E-state index in [-0.39, 0.29) is 12.0 Å². The van der Waals surface area contributed by atoms with Crippen LogP contribution in [0.4, 0.5) is 0 Å².